The average Bonchev–Trinajstić information content (AvgIpc) is 3.21. The van der Waals surface area contributed by atoms with Gasteiger partial charge in [-0.3, -0.25) is 9.89 Å². The quantitative estimate of drug-likeness (QED) is 0.297. The van der Waals surface area contributed by atoms with Crippen LogP contribution in [-0.4, -0.2) is 31.2 Å². The molecule has 0 saturated carbocycles. The van der Waals surface area contributed by atoms with Crippen LogP contribution in [-0.2, 0) is 13.1 Å². The Hall–Kier alpha value is -3.98. The van der Waals surface area contributed by atoms with Crippen molar-refractivity contribution in [3.05, 3.63) is 88.1 Å². The van der Waals surface area contributed by atoms with Gasteiger partial charge in [0.2, 0.25) is 0 Å². The fraction of sp³-hybridized carbons (Fsp3) is 0.130. The summed E-state index contributed by atoms with van der Waals surface area (Å²) >= 11 is 5.79. The second kappa shape index (κ2) is 9.25. The molecule has 2 aromatic carbocycles. The van der Waals surface area contributed by atoms with E-state index in [2.05, 4.69) is 37.4 Å². The number of halogens is 2. The first-order valence-corrected chi connectivity index (χ1v) is 10.3. The number of amides is 1. The van der Waals surface area contributed by atoms with Crippen molar-refractivity contribution >= 4 is 40.1 Å². The summed E-state index contributed by atoms with van der Waals surface area (Å²) in [5.41, 5.74) is 4.20. The lowest BCUT2D eigenvalue weighted by molar-refractivity contribution is 0.0947. The van der Waals surface area contributed by atoms with Gasteiger partial charge in [-0.05, 0) is 35.7 Å². The maximum atomic E-state index is 13.3. The fourth-order valence-electron chi connectivity index (χ4n) is 3.39. The SMILES string of the molecule is C=C(O)c1ccc(CNc2n[nH]c3c(C(=O)NCc4ccc(F)c(Cl)c4)ncnc23)cc1C. The number of aliphatic hydroxyl groups excluding tert-OH is 1. The molecule has 0 aliphatic heterocycles. The van der Waals surface area contributed by atoms with Gasteiger partial charge in [0.05, 0.1) is 5.02 Å². The largest absolute Gasteiger partial charge is 0.508 e. The molecule has 4 N–H and O–H groups in total. The molecule has 2 aromatic heterocycles. The minimum Gasteiger partial charge on any atom is -0.508 e. The predicted octanol–water partition coefficient (Wildman–Crippen LogP) is 4.52. The number of anilines is 1. The van der Waals surface area contributed by atoms with E-state index in [0.29, 0.717) is 34.5 Å². The number of nitrogens with one attached hydrogen (secondary N) is 3. The van der Waals surface area contributed by atoms with Gasteiger partial charge in [0.25, 0.3) is 5.91 Å². The first-order chi connectivity index (χ1) is 15.8. The Bertz CT molecular complexity index is 1370. The summed E-state index contributed by atoms with van der Waals surface area (Å²) in [6.07, 6.45) is 1.29. The number of aromatic nitrogens is 4. The maximum Gasteiger partial charge on any atom is 0.272 e. The molecule has 2 heterocycles. The van der Waals surface area contributed by atoms with Crippen molar-refractivity contribution < 1.29 is 14.3 Å². The van der Waals surface area contributed by atoms with Crippen molar-refractivity contribution in [3.63, 3.8) is 0 Å². The van der Waals surface area contributed by atoms with Crippen molar-refractivity contribution in [1.82, 2.24) is 25.5 Å². The van der Waals surface area contributed by atoms with E-state index in [9.17, 15) is 14.3 Å². The summed E-state index contributed by atoms with van der Waals surface area (Å²) < 4.78 is 13.3. The van der Waals surface area contributed by atoms with Gasteiger partial charge >= 0.3 is 0 Å². The number of carbonyl (C=O) groups is 1. The fourth-order valence-corrected chi connectivity index (χ4v) is 3.60. The maximum absolute atomic E-state index is 13.3. The van der Waals surface area contributed by atoms with Crippen LogP contribution in [0.4, 0.5) is 10.2 Å². The van der Waals surface area contributed by atoms with Gasteiger partial charge in [-0.15, -0.1) is 0 Å². The van der Waals surface area contributed by atoms with E-state index in [1.807, 2.05) is 19.1 Å². The normalized spacial score (nSPS) is 10.9. The first-order valence-electron chi connectivity index (χ1n) is 9.96. The number of H-pyrrole nitrogens is 1. The second-order valence-electron chi connectivity index (χ2n) is 7.40. The monoisotopic (exact) mass is 466 g/mol. The number of carbonyl (C=O) groups excluding carboxylic acids is 1. The summed E-state index contributed by atoms with van der Waals surface area (Å²) in [4.78, 5) is 21.0. The van der Waals surface area contributed by atoms with E-state index < -0.39 is 11.7 Å². The smallest absolute Gasteiger partial charge is 0.272 e. The van der Waals surface area contributed by atoms with E-state index in [1.54, 1.807) is 12.1 Å². The number of fused-ring (bicyclic) bond motifs is 1. The highest BCUT2D eigenvalue weighted by molar-refractivity contribution is 6.30. The van der Waals surface area contributed by atoms with E-state index >= 15 is 0 Å². The highest BCUT2D eigenvalue weighted by atomic mass is 35.5. The predicted molar refractivity (Wildman–Crippen MR) is 124 cm³/mol. The second-order valence-corrected chi connectivity index (χ2v) is 7.81. The molecule has 8 nitrogen and oxygen atoms in total. The topological polar surface area (TPSA) is 116 Å². The Balaban J connectivity index is 1.48. The van der Waals surface area contributed by atoms with Crippen LogP contribution in [0.1, 0.15) is 32.7 Å². The summed E-state index contributed by atoms with van der Waals surface area (Å²) in [5.74, 6) is -0.462. The lowest BCUT2D eigenvalue weighted by Gasteiger charge is -2.08. The molecule has 0 spiro atoms. The van der Waals surface area contributed by atoms with E-state index in [4.69, 9.17) is 11.6 Å². The van der Waals surface area contributed by atoms with Crippen LogP contribution >= 0.6 is 11.6 Å². The third kappa shape index (κ3) is 4.78. The van der Waals surface area contributed by atoms with Crippen LogP contribution in [0.3, 0.4) is 0 Å². The highest BCUT2D eigenvalue weighted by Crippen LogP contribution is 2.22. The number of nitrogens with zero attached hydrogens (tertiary/aromatic N) is 3. The molecule has 4 aromatic rings. The molecule has 4 rings (SSSR count). The summed E-state index contributed by atoms with van der Waals surface area (Å²) in [6.45, 7) is 6.05. The van der Waals surface area contributed by atoms with E-state index in [1.165, 1.54) is 18.5 Å². The molecule has 10 heteroatoms. The Morgan fingerprint density at radius 2 is 1.94 bits per heavy atom. The van der Waals surface area contributed by atoms with Crippen LogP contribution < -0.4 is 10.6 Å². The molecule has 0 saturated heterocycles. The Labute approximate surface area is 193 Å². The van der Waals surface area contributed by atoms with Crippen molar-refractivity contribution in [3.8, 4) is 0 Å². The molecule has 0 fully saturated rings. The zero-order valence-corrected chi connectivity index (χ0v) is 18.4. The molecule has 0 aliphatic rings. The number of aryl methyl sites for hydroxylation is 1. The van der Waals surface area contributed by atoms with Crippen molar-refractivity contribution in [2.45, 2.75) is 20.0 Å². The molecular formula is C23H20ClFN6O2. The molecule has 0 radical (unpaired) electrons. The lowest BCUT2D eigenvalue weighted by atomic mass is 10.0. The molecular weight excluding hydrogens is 447 g/mol. The summed E-state index contributed by atoms with van der Waals surface area (Å²) in [5, 5.41) is 22.6. The molecule has 1 amide bonds. The van der Waals surface area contributed by atoms with Crippen molar-refractivity contribution in [1.29, 1.82) is 0 Å². The number of aromatic amines is 1. The highest BCUT2D eigenvalue weighted by Gasteiger charge is 2.17. The lowest BCUT2D eigenvalue weighted by Crippen LogP contribution is -2.24. The van der Waals surface area contributed by atoms with Crippen LogP contribution in [0.15, 0.2) is 49.3 Å². The Kier molecular flexibility index (Phi) is 6.23. The van der Waals surface area contributed by atoms with Crippen LogP contribution in [0.5, 0.6) is 0 Å². The number of hydrogen-bond acceptors (Lipinski definition) is 6. The minimum absolute atomic E-state index is 0.0124. The summed E-state index contributed by atoms with van der Waals surface area (Å²) in [6, 6.07) is 9.86. The third-order valence-corrected chi connectivity index (χ3v) is 5.35. The zero-order valence-electron chi connectivity index (χ0n) is 17.6. The first kappa shape index (κ1) is 22.2. The van der Waals surface area contributed by atoms with Crippen molar-refractivity contribution in [2.24, 2.45) is 0 Å². The van der Waals surface area contributed by atoms with E-state index in [0.717, 1.165) is 11.1 Å². The number of benzene rings is 2. The van der Waals surface area contributed by atoms with Gasteiger partial charge in [0.15, 0.2) is 11.5 Å². The average molecular weight is 467 g/mol. The van der Waals surface area contributed by atoms with Gasteiger partial charge in [-0.2, -0.15) is 5.10 Å². The summed E-state index contributed by atoms with van der Waals surface area (Å²) in [7, 11) is 0. The Morgan fingerprint density at radius 3 is 2.67 bits per heavy atom. The number of hydrogen-bond donors (Lipinski definition) is 4. The molecule has 0 aliphatic carbocycles. The number of aliphatic hydroxyl groups is 1. The van der Waals surface area contributed by atoms with Gasteiger partial charge in [0, 0.05) is 18.7 Å². The van der Waals surface area contributed by atoms with Gasteiger partial charge in [0.1, 0.15) is 28.9 Å². The van der Waals surface area contributed by atoms with Gasteiger partial charge in [-0.1, -0.05) is 42.4 Å². The number of rotatable bonds is 7. The molecule has 0 bridgehead atoms. The molecule has 33 heavy (non-hydrogen) atoms. The molecule has 168 valence electrons. The van der Waals surface area contributed by atoms with Gasteiger partial charge in [-0.25, -0.2) is 14.4 Å². The van der Waals surface area contributed by atoms with Gasteiger partial charge < -0.3 is 15.7 Å². The molecule has 0 unspecified atom stereocenters. The standard InChI is InChI=1S/C23H20ClFN6O2/c1-12-7-14(3-5-16(12)13(2)32)9-26-22-20-19(30-31-22)21(29-11-28-20)23(33)27-10-15-4-6-18(25)17(24)8-15/h3-8,11,32H,2,9-10H2,1H3,(H,27,33)(H2,26,30,31). The van der Waals surface area contributed by atoms with Crippen LogP contribution in [0, 0.1) is 12.7 Å². The zero-order chi connectivity index (χ0) is 23.5. The Morgan fingerprint density at radius 1 is 1.18 bits per heavy atom. The third-order valence-electron chi connectivity index (χ3n) is 5.06. The van der Waals surface area contributed by atoms with E-state index in [-0.39, 0.29) is 23.0 Å². The minimum atomic E-state index is -0.522. The van der Waals surface area contributed by atoms with Crippen LogP contribution in [0.2, 0.25) is 5.02 Å². The van der Waals surface area contributed by atoms with Crippen molar-refractivity contribution in [2.75, 3.05) is 5.32 Å². The van der Waals surface area contributed by atoms with Crippen LogP contribution in [0.25, 0.3) is 16.8 Å². The molecule has 0 atom stereocenters.